The van der Waals surface area contributed by atoms with Crippen molar-refractivity contribution in [1.82, 2.24) is 0 Å². The first-order chi connectivity index (χ1) is 7.50. The Morgan fingerprint density at radius 1 is 1.50 bits per heavy atom. The lowest BCUT2D eigenvalue weighted by Crippen LogP contribution is -2.38. The molecule has 1 aliphatic carbocycles. The molecule has 4 heteroatoms. The third-order valence-electron chi connectivity index (χ3n) is 3.06. The fraction of sp³-hybridized carbons (Fsp3) is 0.417. The number of aliphatic carboxylic acids is 1. The molecule has 0 heterocycles. The molecule has 1 aromatic carbocycles. The van der Waals surface area contributed by atoms with Gasteiger partial charge in [-0.25, -0.2) is 0 Å². The predicted molar refractivity (Wildman–Crippen MR) is 60.7 cm³/mol. The van der Waals surface area contributed by atoms with Gasteiger partial charge in [-0.3, -0.25) is 4.79 Å². The van der Waals surface area contributed by atoms with E-state index in [1.807, 2.05) is 12.1 Å². The van der Waals surface area contributed by atoms with Crippen LogP contribution >= 0.6 is 11.6 Å². The van der Waals surface area contributed by atoms with Crippen LogP contribution in [0.5, 0.6) is 0 Å². The van der Waals surface area contributed by atoms with Crippen LogP contribution in [-0.4, -0.2) is 21.8 Å². The summed E-state index contributed by atoms with van der Waals surface area (Å²) in [6.45, 7) is 0. The Hall–Kier alpha value is -1.06. The minimum Gasteiger partial charge on any atom is -0.481 e. The Kier molecular flexibility index (Phi) is 2.91. The number of aryl methyl sites for hydroxylation is 1. The van der Waals surface area contributed by atoms with Gasteiger partial charge in [-0.15, -0.1) is 0 Å². The highest BCUT2D eigenvalue weighted by molar-refractivity contribution is 6.31. The Labute approximate surface area is 98.7 Å². The van der Waals surface area contributed by atoms with E-state index in [0.29, 0.717) is 24.3 Å². The Morgan fingerprint density at radius 2 is 2.25 bits per heavy atom. The molecule has 0 saturated heterocycles. The number of fused-ring (bicyclic) bond motifs is 1. The minimum absolute atomic E-state index is 0.225. The highest BCUT2D eigenvalue weighted by Gasteiger charge is 2.35. The van der Waals surface area contributed by atoms with Crippen LogP contribution in [0.4, 0.5) is 0 Å². The van der Waals surface area contributed by atoms with Gasteiger partial charge in [0.05, 0.1) is 12.0 Å². The van der Waals surface area contributed by atoms with E-state index in [1.165, 1.54) is 0 Å². The molecule has 0 aromatic heterocycles. The number of hydrogen-bond acceptors (Lipinski definition) is 2. The van der Waals surface area contributed by atoms with Gasteiger partial charge in [0.1, 0.15) is 0 Å². The van der Waals surface area contributed by atoms with E-state index in [1.54, 1.807) is 6.07 Å². The smallest absolute Gasteiger partial charge is 0.306 e. The first kappa shape index (κ1) is 11.4. The van der Waals surface area contributed by atoms with Crippen LogP contribution in [0, 0.1) is 0 Å². The summed E-state index contributed by atoms with van der Waals surface area (Å²) in [5, 5.41) is 19.5. The van der Waals surface area contributed by atoms with Gasteiger partial charge >= 0.3 is 5.97 Å². The van der Waals surface area contributed by atoms with Crippen molar-refractivity contribution in [3.63, 3.8) is 0 Å². The molecule has 2 N–H and O–H groups in total. The molecule has 3 nitrogen and oxygen atoms in total. The molecule has 0 fully saturated rings. The number of carboxylic acids is 1. The first-order valence-corrected chi connectivity index (χ1v) is 5.58. The Bertz CT molecular complexity index is 430. The number of benzene rings is 1. The maximum Gasteiger partial charge on any atom is 0.306 e. The van der Waals surface area contributed by atoms with E-state index >= 15 is 0 Å². The number of aliphatic hydroxyl groups is 1. The van der Waals surface area contributed by atoms with E-state index in [-0.39, 0.29) is 6.42 Å². The summed E-state index contributed by atoms with van der Waals surface area (Å²) in [5.41, 5.74) is 0.853. The van der Waals surface area contributed by atoms with Crippen molar-refractivity contribution in [3.05, 3.63) is 34.3 Å². The van der Waals surface area contributed by atoms with Crippen LogP contribution in [-0.2, 0) is 17.6 Å². The lowest BCUT2D eigenvalue weighted by molar-refractivity contribution is -0.143. The van der Waals surface area contributed by atoms with Crippen molar-refractivity contribution >= 4 is 17.6 Å². The molecule has 1 unspecified atom stereocenters. The zero-order valence-electron chi connectivity index (χ0n) is 8.74. The molecular weight excluding hydrogens is 228 g/mol. The summed E-state index contributed by atoms with van der Waals surface area (Å²) in [6, 6.07) is 5.62. The average molecular weight is 241 g/mol. The summed E-state index contributed by atoms with van der Waals surface area (Å²) in [4.78, 5) is 10.7. The lowest BCUT2D eigenvalue weighted by Gasteiger charge is -2.32. The molecular formula is C12H13ClO3. The van der Waals surface area contributed by atoms with Crippen LogP contribution in [0.25, 0.3) is 0 Å². The summed E-state index contributed by atoms with van der Waals surface area (Å²) in [7, 11) is 0. The van der Waals surface area contributed by atoms with Crippen molar-refractivity contribution in [2.45, 2.75) is 31.3 Å². The van der Waals surface area contributed by atoms with Gasteiger partial charge in [0, 0.05) is 11.4 Å². The van der Waals surface area contributed by atoms with Crippen molar-refractivity contribution in [1.29, 1.82) is 0 Å². The molecule has 1 atom stereocenters. The molecule has 16 heavy (non-hydrogen) atoms. The number of halogens is 1. The van der Waals surface area contributed by atoms with Gasteiger partial charge in [0.2, 0.25) is 0 Å². The Balaban J connectivity index is 2.29. The van der Waals surface area contributed by atoms with Crippen molar-refractivity contribution in [2.75, 3.05) is 0 Å². The first-order valence-electron chi connectivity index (χ1n) is 5.21. The maximum atomic E-state index is 10.7. The molecule has 1 aromatic rings. The minimum atomic E-state index is -1.15. The maximum absolute atomic E-state index is 10.7. The van der Waals surface area contributed by atoms with E-state index < -0.39 is 11.6 Å². The fourth-order valence-corrected chi connectivity index (χ4v) is 2.51. The standard InChI is InChI=1S/C12H13ClO3/c13-10-3-1-2-8-4-5-12(16,6-9(8)10)7-11(14)15/h1-3,16H,4-7H2,(H,14,15). The van der Waals surface area contributed by atoms with Crippen LogP contribution < -0.4 is 0 Å². The van der Waals surface area contributed by atoms with Crippen LogP contribution in [0.2, 0.25) is 5.02 Å². The van der Waals surface area contributed by atoms with Crippen LogP contribution in [0.15, 0.2) is 18.2 Å². The zero-order valence-corrected chi connectivity index (χ0v) is 9.50. The summed E-state index contributed by atoms with van der Waals surface area (Å²) in [5.74, 6) is -0.974. The second-order valence-corrected chi connectivity index (χ2v) is 4.76. The second-order valence-electron chi connectivity index (χ2n) is 4.35. The van der Waals surface area contributed by atoms with Crippen LogP contribution in [0.3, 0.4) is 0 Å². The molecule has 1 aliphatic rings. The molecule has 0 amide bonds. The van der Waals surface area contributed by atoms with Gasteiger partial charge in [0.15, 0.2) is 0 Å². The van der Waals surface area contributed by atoms with Gasteiger partial charge in [0.25, 0.3) is 0 Å². The second kappa shape index (κ2) is 4.07. The Morgan fingerprint density at radius 3 is 2.94 bits per heavy atom. The molecule has 0 bridgehead atoms. The molecule has 0 aliphatic heterocycles. The molecule has 0 spiro atoms. The summed E-state index contributed by atoms with van der Waals surface area (Å²) in [6.07, 6.45) is 1.26. The van der Waals surface area contributed by atoms with E-state index in [0.717, 1.165) is 11.1 Å². The van der Waals surface area contributed by atoms with E-state index in [9.17, 15) is 9.90 Å². The molecule has 0 saturated carbocycles. The van der Waals surface area contributed by atoms with E-state index in [4.69, 9.17) is 16.7 Å². The zero-order chi connectivity index (χ0) is 11.8. The van der Waals surface area contributed by atoms with Crippen molar-refractivity contribution < 1.29 is 15.0 Å². The monoisotopic (exact) mass is 240 g/mol. The number of carboxylic acid groups (broad SMARTS) is 1. The van der Waals surface area contributed by atoms with Crippen molar-refractivity contribution in [2.24, 2.45) is 0 Å². The quantitative estimate of drug-likeness (QED) is 0.832. The summed E-state index contributed by atoms with van der Waals surface area (Å²) >= 11 is 6.05. The number of carbonyl (C=O) groups is 1. The molecule has 0 radical (unpaired) electrons. The molecule has 2 rings (SSSR count). The lowest BCUT2D eigenvalue weighted by atomic mass is 9.78. The third kappa shape index (κ3) is 2.20. The fourth-order valence-electron chi connectivity index (χ4n) is 2.25. The van der Waals surface area contributed by atoms with E-state index in [2.05, 4.69) is 0 Å². The number of rotatable bonds is 2. The average Bonchev–Trinajstić information content (AvgIpc) is 2.18. The molecule has 86 valence electrons. The van der Waals surface area contributed by atoms with Gasteiger partial charge in [-0.05, 0) is 30.0 Å². The SMILES string of the molecule is O=C(O)CC1(O)CCc2cccc(Cl)c2C1. The summed E-state index contributed by atoms with van der Waals surface area (Å²) < 4.78 is 0. The number of hydrogen-bond donors (Lipinski definition) is 2. The largest absolute Gasteiger partial charge is 0.481 e. The topological polar surface area (TPSA) is 57.5 Å². The highest BCUT2D eigenvalue weighted by Crippen LogP contribution is 2.34. The van der Waals surface area contributed by atoms with Crippen LogP contribution in [0.1, 0.15) is 24.0 Å². The van der Waals surface area contributed by atoms with Gasteiger partial charge in [-0.2, -0.15) is 0 Å². The van der Waals surface area contributed by atoms with Gasteiger partial charge < -0.3 is 10.2 Å². The normalized spacial score (nSPS) is 23.9. The highest BCUT2D eigenvalue weighted by atomic mass is 35.5. The predicted octanol–water partition coefficient (Wildman–Crippen LogP) is 2.03. The van der Waals surface area contributed by atoms with Gasteiger partial charge in [-0.1, -0.05) is 23.7 Å². The van der Waals surface area contributed by atoms with Crippen molar-refractivity contribution in [3.8, 4) is 0 Å². The third-order valence-corrected chi connectivity index (χ3v) is 3.42.